The van der Waals surface area contributed by atoms with Gasteiger partial charge in [0.15, 0.2) is 0 Å². The number of hydrogen-bond acceptors (Lipinski definition) is 2. The van der Waals surface area contributed by atoms with Gasteiger partial charge in [-0.2, -0.15) is 0 Å². The van der Waals surface area contributed by atoms with Crippen molar-refractivity contribution in [2.75, 3.05) is 32.7 Å². The monoisotopic (exact) mass is 196 g/mol. The van der Waals surface area contributed by atoms with E-state index >= 15 is 0 Å². The summed E-state index contributed by atoms with van der Waals surface area (Å²) in [6, 6.07) is 0. The molecule has 14 heavy (non-hydrogen) atoms. The molecular weight excluding hydrogens is 172 g/mol. The molecule has 0 radical (unpaired) electrons. The lowest BCUT2D eigenvalue weighted by Gasteiger charge is -2.37. The number of rotatable bonds is 3. The standard InChI is InChI=1S/C12H24N2/c1-10-5-11(2)9-14(8-10)4-3-12-6-13-7-12/h10-13H,3-9H2,1-2H3. The summed E-state index contributed by atoms with van der Waals surface area (Å²) >= 11 is 0. The molecule has 0 aromatic rings. The van der Waals surface area contributed by atoms with E-state index in [0.29, 0.717) is 0 Å². The Kier molecular flexibility index (Phi) is 3.45. The van der Waals surface area contributed by atoms with Crippen LogP contribution in [0.15, 0.2) is 0 Å². The van der Waals surface area contributed by atoms with Crippen molar-refractivity contribution in [3.05, 3.63) is 0 Å². The topological polar surface area (TPSA) is 15.3 Å². The molecule has 82 valence electrons. The van der Waals surface area contributed by atoms with Crippen LogP contribution in [0.25, 0.3) is 0 Å². The SMILES string of the molecule is CC1CC(C)CN(CCC2CNC2)C1. The molecule has 1 N–H and O–H groups in total. The van der Waals surface area contributed by atoms with E-state index in [1.165, 1.54) is 45.6 Å². The van der Waals surface area contributed by atoms with Crippen molar-refractivity contribution in [1.82, 2.24) is 10.2 Å². The molecule has 2 atom stereocenters. The van der Waals surface area contributed by atoms with Gasteiger partial charge >= 0.3 is 0 Å². The molecule has 0 aliphatic carbocycles. The average molecular weight is 196 g/mol. The first-order valence-electron chi connectivity index (χ1n) is 6.17. The van der Waals surface area contributed by atoms with Crippen LogP contribution in [0.5, 0.6) is 0 Å². The van der Waals surface area contributed by atoms with E-state index in [1.807, 2.05) is 0 Å². The zero-order valence-electron chi connectivity index (χ0n) is 9.63. The lowest BCUT2D eigenvalue weighted by molar-refractivity contribution is 0.128. The predicted molar refractivity (Wildman–Crippen MR) is 60.4 cm³/mol. The number of hydrogen-bond donors (Lipinski definition) is 1. The smallest absolute Gasteiger partial charge is 0.000724 e. The van der Waals surface area contributed by atoms with Crippen LogP contribution in [-0.2, 0) is 0 Å². The molecule has 0 aromatic heterocycles. The highest BCUT2D eigenvalue weighted by Gasteiger charge is 2.23. The van der Waals surface area contributed by atoms with Gasteiger partial charge < -0.3 is 10.2 Å². The van der Waals surface area contributed by atoms with Crippen LogP contribution in [0.2, 0.25) is 0 Å². The molecule has 2 heteroatoms. The van der Waals surface area contributed by atoms with Gasteiger partial charge in [0.1, 0.15) is 0 Å². The summed E-state index contributed by atoms with van der Waals surface area (Å²) in [6.45, 7) is 11.3. The molecule has 2 aliphatic rings. The summed E-state index contributed by atoms with van der Waals surface area (Å²) in [7, 11) is 0. The van der Waals surface area contributed by atoms with E-state index in [4.69, 9.17) is 0 Å². The predicted octanol–water partition coefficient (Wildman–Crippen LogP) is 1.57. The third-order valence-corrected chi connectivity index (χ3v) is 3.66. The second-order valence-electron chi connectivity index (χ2n) is 5.52. The molecule has 2 saturated heterocycles. The van der Waals surface area contributed by atoms with Crippen LogP contribution >= 0.6 is 0 Å². The molecule has 2 nitrogen and oxygen atoms in total. The van der Waals surface area contributed by atoms with Gasteiger partial charge in [0.2, 0.25) is 0 Å². The van der Waals surface area contributed by atoms with Crippen LogP contribution < -0.4 is 5.32 Å². The molecule has 2 unspecified atom stereocenters. The Morgan fingerprint density at radius 3 is 2.29 bits per heavy atom. The van der Waals surface area contributed by atoms with Crippen molar-refractivity contribution in [3.63, 3.8) is 0 Å². The molecule has 0 saturated carbocycles. The molecule has 2 heterocycles. The van der Waals surface area contributed by atoms with Crippen molar-refractivity contribution in [3.8, 4) is 0 Å². The van der Waals surface area contributed by atoms with Gasteiger partial charge in [0, 0.05) is 13.1 Å². The molecule has 0 aromatic carbocycles. The second kappa shape index (κ2) is 4.63. The molecule has 0 spiro atoms. The number of nitrogens with one attached hydrogen (secondary N) is 1. The Bertz CT molecular complexity index is 167. The van der Waals surface area contributed by atoms with Crippen molar-refractivity contribution in [2.45, 2.75) is 26.7 Å². The van der Waals surface area contributed by atoms with Crippen LogP contribution in [0.3, 0.4) is 0 Å². The molecular formula is C12H24N2. The third kappa shape index (κ3) is 2.71. The maximum atomic E-state index is 3.35. The van der Waals surface area contributed by atoms with E-state index < -0.39 is 0 Å². The van der Waals surface area contributed by atoms with Gasteiger partial charge in [0.25, 0.3) is 0 Å². The Balaban J connectivity index is 1.68. The summed E-state index contributed by atoms with van der Waals surface area (Å²) in [5.74, 6) is 2.80. The van der Waals surface area contributed by atoms with E-state index in [9.17, 15) is 0 Å². The highest BCUT2D eigenvalue weighted by atomic mass is 15.1. The van der Waals surface area contributed by atoms with E-state index in [2.05, 4.69) is 24.1 Å². The second-order valence-corrected chi connectivity index (χ2v) is 5.52. The highest BCUT2D eigenvalue weighted by molar-refractivity contribution is 4.79. The van der Waals surface area contributed by atoms with Crippen LogP contribution in [0, 0.1) is 17.8 Å². The first-order chi connectivity index (χ1) is 6.74. The Labute approximate surface area is 88.1 Å². The van der Waals surface area contributed by atoms with E-state index in [-0.39, 0.29) is 0 Å². The number of piperidine rings is 1. The van der Waals surface area contributed by atoms with Gasteiger partial charge in [-0.15, -0.1) is 0 Å². The fourth-order valence-electron chi connectivity index (χ4n) is 2.89. The molecule has 0 amide bonds. The maximum absolute atomic E-state index is 3.35. The first kappa shape index (κ1) is 10.4. The minimum Gasteiger partial charge on any atom is -0.316 e. The van der Waals surface area contributed by atoms with Crippen LogP contribution in [0.1, 0.15) is 26.7 Å². The summed E-state index contributed by atoms with van der Waals surface area (Å²) < 4.78 is 0. The fraction of sp³-hybridized carbons (Fsp3) is 1.00. The van der Waals surface area contributed by atoms with E-state index in [1.54, 1.807) is 0 Å². The Hall–Kier alpha value is -0.0800. The quantitative estimate of drug-likeness (QED) is 0.737. The van der Waals surface area contributed by atoms with Crippen LogP contribution in [-0.4, -0.2) is 37.6 Å². The van der Waals surface area contributed by atoms with Gasteiger partial charge in [-0.05, 0) is 50.2 Å². The highest BCUT2D eigenvalue weighted by Crippen LogP contribution is 2.21. The van der Waals surface area contributed by atoms with Crippen molar-refractivity contribution < 1.29 is 0 Å². The maximum Gasteiger partial charge on any atom is 0.000724 e. The largest absolute Gasteiger partial charge is 0.316 e. The van der Waals surface area contributed by atoms with Crippen molar-refractivity contribution in [1.29, 1.82) is 0 Å². The molecule has 0 bridgehead atoms. The first-order valence-corrected chi connectivity index (χ1v) is 6.17. The zero-order chi connectivity index (χ0) is 9.97. The normalized spacial score (nSPS) is 35.6. The van der Waals surface area contributed by atoms with Gasteiger partial charge in [-0.1, -0.05) is 13.8 Å². The van der Waals surface area contributed by atoms with Gasteiger partial charge in [-0.3, -0.25) is 0 Å². The fourth-order valence-corrected chi connectivity index (χ4v) is 2.89. The Morgan fingerprint density at radius 2 is 1.79 bits per heavy atom. The molecule has 2 aliphatic heterocycles. The lowest BCUT2D eigenvalue weighted by Crippen LogP contribution is -2.45. The minimum absolute atomic E-state index is 0.915. The third-order valence-electron chi connectivity index (χ3n) is 3.66. The minimum atomic E-state index is 0.915. The average Bonchev–Trinajstić information content (AvgIpc) is 1.99. The van der Waals surface area contributed by atoms with Gasteiger partial charge in [-0.25, -0.2) is 0 Å². The lowest BCUT2D eigenvalue weighted by atomic mass is 9.91. The number of likely N-dealkylation sites (tertiary alicyclic amines) is 1. The van der Waals surface area contributed by atoms with Gasteiger partial charge in [0.05, 0.1) is 0 Å². The summed E-state index contributed by atoms with van der Waals surface area (Å²) in [6.07, 6.45) is 2.84. The van der Waals surface area contributed by atoms with Crippen molar-refractivity contribution in [2.24, 2.45) is 17.8 Å². The number of nitrogens with zero attached hydrogens (tertiary/aromatic N) is 1. The summed E-state index contributed by atoms with van der Waals surface area (Å²) in [4.78, 5) is 2.68. The van der Waals surface area contributed by atoms with Crippen LogP contribution in [0.4, 0.5) is 0 Å². The Morgan fingerprint density at radius 1 is 1.14 bits per heavy atom. The van der Waals surface area contributed by atoms with E-state index in [0.717, 1.165) is 17.8 Å². The zero-order valence-corrected chi connectivity index (χ0v) is 9.63. The summed E-state index contributed by atoms with van der Waals surface area (Å²) in [5.41, 5.74) is 0. The molecule has 2 fully saturated rings. The van der Waals surface area contributed by atoms with Crippen molar-refractivity contribution >= 4 is 0 Å². The summed E-state index contributed by atoms with van der Waals surface area (Å²) in [5, 5.41) is 3.35. The molecule has 2 rings (SSSR count).